The van der Waals surface area contributed by atoms with Gasteiger partial charge in [-0.2, -0.15) is 4.31 Å². The molecule has 1 atom stereocenters. The first-order valence-electron chi connectivity index (χ1n) is 7.51. The first-order valence-corrected chi connectivity index (χ1v) is 9.33. The Hall–Kier alpha value is -0.660. The number of nitrogens with zero attached hydrogens (tertiary/aromatic N) is 1. The Morgan fingerprint density at radius 3 is 2.64 bits per heavy atom. The van der Waals surface area contributed by atoms with Crippen LogP contribution in [0.1, 0.15) is 24.8 Å². The zero-order chi connectivity index (χ0) is 15.7. The Kier molecular flexibility index (Phi) is 4.75. The van der Waals surface area contributed by atoms with Gasteiger partial charge >= 0.3 is 0 Å². The van der Waals surface area contributed by atoms with E-state index in [4.69, 9.17) is 21.1 Å². The van der Waals surface area contributed by atoms with Gasteiger partial charge in [0.25, 0.3) is 0 Å². The summed E-state index contributed by atoms with van der Waals surface area (Å²) in [5, 5.41) is 0.262. The quantitative estimate of drug-likeness (QED) is 0.844. The summed E-state index contributed by atoms with van der Waals surface area (Å²) in [7, 11) is -3.65. The maximum Gasteiger partial charge on any atom is 0.244 e. The van der Waals surface area contributed by atoms with Gasteiger partial charge in [-0.15, -0.1) is 0 Å². The van der Waals surface area contributed by atoms with Gasteiger partial charge in [-0.25, -0.2) is 8.42 Å². The summed E-state index contributed by atoms with van der Waals surface area (Å²) in [6, 6.07) is 4.74. The summed E-state index contributed by atoms with van der Waals surface area (Å²) in [5.74, 6) is 0. The molecule has 0 aliphatic carbocycles. The number of hydrogen-bond donors (Lipinski definition) is 0. The summed E-state index contributed by atoms with van der Waals surface area (Å²) in [6.07, 6.45) is 2.08. The van der Waals surface area contributed by atoms with Crippen LogP contribution in [-0.4, -0.2) is 44.8 Å². The van der Waals surface area contributed by atoms with Crippen molar-refractivity contribution in [1.29, 1.82) is 0 Å². The molecule has 0 radical (unpaired) electrons. The topological polar surface area (TPSA) is 55.8 Å². The minimum Gasteiger partial charge on any atom is -0.349 e. The van der Waals surface area contributed by atoms with Crippen LogP contribution in [0.4, 0.5) is 0 Å². The van der Waals surface area contributed by atoms with E-state index >= 15 is 0 Å². The van der Waals surface area contributed by atoms with E-state index in [0.717, 1.165) is 24.8 Å². The van der Waals surface area contributed by atoms with Gasteiger partial charge in [0.15, 0.2) is 6.29 Å². The smallest absolute Gasteiger partial charge is 0.244 e. The van der Waals surface area contributed by atoms with E-state index < -0.39 is 16.3 Å². The normalized spacial score (nSPS) is 24.7. The molecule has 7 heteroatoms. The van der Waals surface area contributed by atoms with Crippen LogP contribution in [0.15, 0.2) is 23.1 Å². The van der Waals surface area contributed by atoms with Crippen molar-refractivity contribution < 1.29 is 17.9 Å². The molecular weight excluding hydrogens is 326 g/mol. The van der Waals surface area contributed by atoms with Gasteiger partial charge < -0.3 is 9.47 Å². The molecule has 0 N–H and O–H groups in total. The molecule has 2 heterocycles. The van der Waals surface area contributed by atoms with Crippen molar-refractivity contribution in [2.24, 2.45) is 0 Å². The van der Waals surface area contributed by atoms with Crippen molar-refractivity contribution in [2.45, 2.75) is 43.4 Å². The average molecular weight is 346 g/mol. The number of ether oxygens (including phenoxy) is 2. The molecule has 1 aromatic carbocycles. The molecule has 2 saturated heterocycles. The van der Waals surface area contributed by atoms with Crippen LogP contribution in [-0.2, 0) is 19.5 Å². The number of benzene rings is 1. The van der Waals surface area contributed by atoms with Crippen LogP contribution in [0.2, 0.25) is 5.02 Å². The van der Waals surface area contributed by atoms with Gasteiger partial charge in [-0.1, -0.05) is 24.1 Å². The monoisotopic (exact) mass is 345 g/mol. The van der Waals surface area contributed by atoms with Crippen molar-refractivity contribution in [1.82, 2.24) is 4.31 Å². The minimum absolute atomic E-state index is 0.157. The van der Waals surface area contributed by atoms with Gasteiger partial charge in [0, 0.05) is 6.54 Å². The van der Waals surface area contributed by atoms with E-state index in [2.05, 4.69) is 0 Å². The Balaban J connectivity index is 1.94. The summed E-state index contributed by atoms with van der Waals surface area (Å²) in [4.78, 5) is 0.157. The van der Waals surface area contributed by atoms with E-state index in [1.807, 2.05) is 6.92 Å². The fraction of sp³-hybridized carbons (Fsp3) is 0.600. The molecule has 0 spiro atoms. The van der Waals surface area contributed by atoms with Crippen molar-refractivity contribution >= 4 is 21.6 Å². The number of piperidine rings is 1. The third-order valence-electron chi connectivity index (χ3n) is 4.13. The zero-order valence-electron chi connectivity index (χ0n) is 12.5. The van der Waals surface area contributed by atoms with E-state index in [-0.39, 0.29) is 16.0 Å². The Bertz CT molecular complexity index is 643. The molecule has 3 rings (SSSR count). The average Bonchev–Trinajstić information content (AvgIpc) is 3.01. The molecule has 2 aliphatic heterocycles. The third-order valence-corrected chi connectivity index (χ3v) is 6.54. The third kappa shape index (κ3) is 3.03. The highest BCUT2D eigenvalue weighted by Gasteiger charge is 2.41. The summed E-state index contributed by atoms with van der Waals surface area (Å²) in [6.45, 7) is 3.38. The van der Waals surface area contributed by atoms with Crippen LogP contribution in [0.25, 0.3) is 0 Å². The molecule has 0 saturated carbocycles. The largest absolute Gasteiger partial charge is 0.349 e. The predicted octanol–water partition coefficient (Wildman–Crippen LogP) is 2.56. The lowest BCUT2D eigenvalue weighted by Gasteiger charge is -2.37. The van der Waals surface area contributed by atoms with Crippen LogP contribution in [0.3, 0.4) is 0 Å². The maximum atomic E-state index is 13.0. The molecule has 5 nitrogen and oxygen atoms in total. The Morgan fingerprint density at radius 1 is 1.23 bits per heavy atom. The second-order valence-corrected chi connectivity index (χ2v) is 7.99. The second kappa shape index (κ2) is 6.45. The number of rotatable bonds is 3. The highest BCUT2D eigenvalue weighted by atomic mass is 35.5. The first-order chi connectivity index (χ1) is 10.5. The molecule has 122 valence electrons. The van der Waals surface area contributed by atoms with Gasteiger partial charge in [-0.3, -0.25) is 0 Å². The maximum absolute atomic E-state index is 13.0. The first kappa shape index (κ1) is 16.2. The van der Waals surface area contributed by atoms with Gasteiger partial charge in [0.2, 0.25) is 10.0 Å². The molecule has 0 unspecified atom stereocenters. The highest BCUT2D eigenvalue weighted by molar-refractivity contribution is 7.89. The lowest BCUT2D eigenvalue weighted by atomic mass is 10.0. The van der Waals surface area contributed by atoms with Crippen molar-refractivity contribution in [3.8, 4) is 0 Å². The second-order valence-electron chi connectivity index (χ2n) is 5.72. The van der Waals surface area contributed by atoms with Crippen molar-refractivity contribution in [3.05, 3.63) is 28.8 Å². The van der Waals surface area contributed by atoms with Gasteiger partial charge in [0.1, 0.15) is 4.90 Å². The van der Waals surface area contributed by atoms with E-state index in [0.29, 0.717) is 19.8 Å². The predicted molar refractivity (Wildman–Crippen MR) is 83.4 cm³/mol. The van der Waals surface area contributed by atoms with Crippen LogP contribution >= 0.6 is 11.6 Å². The van der Waals surface area contributed by atoms with Crippen molar-refractivity contribution in [3.63, 3.8) is 0 Å². The van der Waals surface area contributed by atoms with E-state index in [9.17, 15) is 8.42 Å². The van der Waals surface area contributed by atoms with Gasteiger partial charge in [-0.05, 0) is 37.5 Å². The molecule has 1 aromatic rings. The Morgan fingerprint density at radius 2 is 1.95 bits per heavy atom. The highest BCUT2D eigenvalue weighted by Crippen LogP contribution is 2.32. The SMILES string of the molecule is Cc1ccc(S(=O)(=O)N2CCCC[C@@H]2C2OCCO2)c(Cl)c1. The molecule has 2 fully saturated rings. The molecule has 22 heavy (non-hydrogen) atoms. The van der Waals surface area contributed by atoms with Gasteiger partial charge in [0.05, 0.1) is 24.3 Å². The fourth-order valence-corrected chi connectivity index (χ4v) is 5.30. The molecular formula is C15H20ClNO4S. The minimum atomic E-state index is -3.65. The molecule has 0 aromatic heterocycles. The lowest BCUT2D eigenvalue weighted by Crippen LogP contribution is -2.50. The summed E-state index contributed by atoms with van der Waals surface area (Å²) in [5.41, 5.74) is 0.932. The summed E-state index contributed by atoms with van der Waals surface area (Å²) < 4.78 is 38.6. The number of hydrogen-bond acceptors (Lipinski definition) is 4. The van der Waals surface area contributed by atoms with Crippen LogP contribution < -0.4 is 0 Å². The van der Waals surface area contributed by atoms with Crippen LogP contribution in [0.5, 0.6) is 0 Å². The zero-order valence-corrected chi connectivity index (χ0v) is 14.1. The Labute approximate surface area is 136 Å². The standard InChI is InChI=1S/C15H20ClNO4S/c1-11-5-6-14(12(16)10-11)22(18,19)17-7-3-2-4-13(17)15-20-8-9-21-15/h5-6,10,13,15H,2-4,7-9H2,1H3/t13-/m1/s1. The number of halogens is 1. The van der Waals surface area contributed by atoms with E-state index in [1.165, 1.54) is 4.31 Å². The molecule has 0 bridgehead atoms. The molecule has 0 amide bonds. The summed E-state index contributed by atoms with van der Waals surface area (Å²) >= 11 is 6.17. The van der Waals surface area contributed by atoms with E-state index in [1.54, 1.807) is 18.2 Å². The lowest BCUT2D eigenvalue weighted by molar-refractivity contribution is -0.0913. The fourth-order valence-electron chi connectivity index (χ4n) is 3.04. The number of sulfonamides is 1. The molecule has 2 aliphatic rings. The van der Waals surface area contributed by atoms with Crippen LogP contribution in [0, 0.1) is 6.92 Å². The number of aryl methyl sites for hydroxylation is 1. The van der Waals surface area contributed by atoms with Crippen molar-refractivity contribution in [2.75, 3.05) is 19.8 Å².